The fraction of sp³-hybridized carbons (Fsp3) is 0.941. The van der Waals surface area contributed by atoms with E-state index in [2.05, 4.69) is 24.1 Å². The molecule has 1 aliphatic rings. The van der Waals surface area contributed by atoms with Gasteiger partial charge in [0.1, 0.15) is 5.60 Å². The third-order valence-electron chi connectivity index (χ3n) is 4.55. The zero-order valence-corrected chi connectivity index (χ0v) is 15.2. The molecule has 22 heavy (non-hydrogen) atoms. The number of ether oxygens (including phenoxy) is 1. The van der Waals surface area contributed by atoms with Gasteiger partial charge >= 0.3 is 6.09 Å². The fourth-order valence-corrected chi connectivity index (χ4v) is 3.18. The van der Waals surface area contributed by atoms with Crippen molar-refractivity contribution < 1.29 is 9.53 Å². The Bertz CT molecular complexity index is 344. The van der Waals surface area contributed by atoms with Crippen LogP contribution in [0.1, 0.15) is 54.4 Å². The number of alkyl carbamates (subject to hydrolysis) is 1. The summed E-state index contributed by atoms with van der Waals surface area (Å²) in [5.74, 6) is 1.56. The van der Waals surface area contributed by atoms with E-state index >= 15 is 0 Å². The summed E-state index contributed by atoms with van der Waals surface area (Å²) in [6.45, 7) is 14.9. The Morgan fingerprint density at radius 2 is 1.82 bits per heavy atom. The molecule has 2 atom stereocenters. The first-order chi connectivity index (χ1) is 10.1. The molecule has 0 radical (unpaired) electrons. The summed E-state index contributed by atoms with van der Waals surface area (Å²) < 4.78 is 5.33. The second kappa shape index (κ2) is 8.16. The Morgan fingerprint density at radius 3 is 2.23 bits per heavy atom. The molecule has 0 spiro atoms. The van der Waals surface area contributed by atoms with E-state index in [9.17, 15) is 4.79 Å². The predicted molar refractivity (Wildman–Crippen MR) is 90.8 cm³/mol. The lowest BCUT2D eigenvalue weighted by atomic mass is 9.86. The van der Waals surface area contributed by atoms with Gasteiger partial charge in [0.05, 0.1) is 0 Å². The van der Waals surface area contributed by atoms with Crippen LogP contribution in [0.3, 0.4) is 0 Å². The molecule has 0 saturated carbocycles. The number of rotatable bonds is 5. The van der Waals surface area contributed by atoms with Gasteiger partial charge in [-0.05, 0) is 65.5 Å². The number of hydrogen-bond donors (Lipinski definition) is 2. The van der Waals surface area contributed by atoms with Gasteiger partial charge in [0.25, 0.3) is 0 Å². The molecule has 130 valence electrons. The number of carbonyl (C=O) groups is 1. The molecule has 5 nitrogen and oxygen atoms in total. The van der Waals surface area contributed by atoms with Crippen molar-refractivity contribution in [3.05, 3.63) is 0 Å². The van der Waals surface area contributed by atoms with Gasteiger partial charge in [-0.2, -0.15) is 0 Å². The fourth-order valence-electron chi connectivity index (χ4n) is 3.18. The lowest BCUT2D eigenvalue weighted by Gasteiger charge is -2.40. The minimum atomic E-state index is -0.475. The van der Waals surface area contributed by atoms with Gasteiger partial charge in [-0.1, -0.05) is 13.8 Å². The van der Waals surface area contributed by atoms with Gasteiger partial charge in [0, 0.05) is 18.6 Å². The van der Waals surface area contributed by atoms with E-state index in [1.807, 2.05) is 27.7 Å². The number of nitrogens with two attached hydrogens (primary N) is 1. The molecule has 0 aromatic carbocycles. The number of hydrogen-bond acceptors (Lipinski definition) is 4. The molecule has 0 aliphatic carbocycles. The highest BCUT2D eigenvalue weighted by molar-refractivity contribution is 5.68. The summed E-state index contributed by atoms with van der Waals surface area (Å²) >= 11 is 0. The molecule has 1 saturated heterocycles. The van der Waals surface area contributed by atoms with Crippen LogP contribution in [0, 0.1) is 11.8 Å². The highest BCUT2D eigenvalue weighted by Gasteiger charge is 2.30. The van der Waals surface area contributed by atoms with Crippen molar-refractivity contribution >= 4 is 6.09 Å². The molecule has 0 aromatic rings. The summed E-state index contributed by atoms with van der Waals surface area (Å²) in [6.07, 6.45) is 2.07. The molecule has 3 N–H and O–H groups in total. The third kappa shape index (κ3) is 6.13. The average Bonchev–Trinajstić information content (AvgIpc) is 2.37. The zero-order chi connectivity index (χ0) is 16.9. The third-order valence-corrected chi connectivity index (χ3v) is 4.55. The standard InChI is InChI=1S/C17H35N3O2/c1-12(2)14-7-9-20(10-8-14)15(11-18)13(3)19-16(21)22-17(4,5)6/h12-15H,7-11,18H2,1-6H3,(H,19,21). The zero-order valence-electron chi connectivity index (χ0n) is 15.2. The van der Waals surface area contributed by atoms with Gasteiger partial charge in [0.2, 0.25) is 0 Å². The van der Waals surface area contributed by atoms with E-state index in [-0.39, 0.29) is 18.2 Å². The first-order valence-electron chi connectivity index (χ1n) is 8.57. The number of nitrogens with one attached hydrogen (secondary N) is 1. The first kappa shape index (κ1) is 19.2. The van der Waals surface area contributed by atoms with E-state index in [0.717, 1.165) is 24.9 Å². The van der Waals surface area contributed by atoms with Crippen LogP contribution in [0.2, 0.25) is 0 Å². The van der Waals surface area contributed by atoms with Gasteiger partial charge in [0.15, 0.2) is 0 Å². The molecule has 1 aliphatic heterocycles. The monoisotopic (exact) mass is 313 g/mol. The van der Waals surface area contributed by atoms with Crippen molar-refractivity contribution in [2.24, 2.45) is 17.6 Å². The maximum absolute atomic E-state index is 11.9. The highest BCUT2D eigenvalue weighted by Crippen LogP contribution is 2.25. The number of piperidine rings is 1. The topological polar surface area (TPSA) is 67.6 Å². The molecule has 0 aromatic heterocycles. The van der Waals surface area contributed by atoms with Crippen LogP contribution >= 0.6 is 0 Å². The number of carbonyl (C=O) groups excluding carboxylic acids is 1. The highest BCUT2D eigenvalue weighted by atomic mass is 16.6. The normalized spacial score (nSPS) is 20.7. The summed E-state index contributed by atoms with van der Waals surface area (Å²) in [5.41, 5.74) is 5.49. The molecule has 2 unspecified atom stereocenters. The Balaban J connectivity index is 2.51. The molecular formula is C17H35N3O2. The average molecular weight is 313 g/mol. The molecule has 1 fully saturated rings. The molecular weight excluding hydrogens is 278 g/mol. The lowest BCUT2D eigenvalue weighted by Crippen LogP contribution is -2.56. The van der Waals surface area contributed by atoms with E-state index in [0.29, 0.717) is 6.54 Å². The minimum absolute atomic E-state index is 0.0181. The Hall–Kier alpha value is -0.810. The molecule has 1 heterocycles. The van der Waals surface area contributed by atoms with Crippen LogP contribution in [0.15, 0.2) is 0 Å². The number of likely N-dealkylation sites (tertiary alicyclic amines) is 1. The maximum Gasteiger partial charge on any atom is 0.407 e. The van der Waals surface area contributed by atoms with E-state index < -0.39 is 5.60 Å². The van der Waals surface area contributed by atoms with Crippen LogP contribution < -0.4 is 11.1 Å². The van der Waals surface area contributed by atoms with E-state index in [1.165, 1.54) is 12.8 Å². The SMILES string of the molecule is CC(C)C1CCN(C(CN)C(C)NC(=O)OC(C)(C)C)CC1. The molecule has 1 amide bonds. The summed E-state index contributed by atoms with van der Waals surface area (Å²) in [7, 11) is 0. The van der Waals surface area contributed by atoms with Crippen molar-refractivity contribution in [1.29, 1.82) is 0 Å². The first-order valence-corrected chi connectivity index (χ1v) is 8.57. The summed E-state index contributed by atoms with van der Waals surface area (Å²) in [5, 5.41) is 2.94. The van der Waals surface area contributed by atoms with Crippen LogP contribution in [-0.4, -0.2) is 48.3 Å². The van der Waals surface area contributed by atoms with Gasteiger partial charge in [-0.25, -0.2) is 4.79 Å². The maximum atomic E-state index is 11.9. The summed E-state index contributed by atoms with van der Waals surface area (Å²) in [4.78, 5) is 14.3. The smallest absolute Gasteiger partial charge is 0.407 e. The van der Waals surface area contributed by atoms with Gasteiger partial charge in [-0.15, -0.1) is 0 Å². The van der Waals surface area contributed by atoms with Crippen molar-refractivity contribution in [3.8, 4) is 0 Å². The van der Waals surface area contributed by atoms with Crippen LogP contribution in [0.25, 0.3) is 0 Å². The predicted octanol–water partition coefficient (Wildman–Crippen LogP) is 2.59. The van der Waals surface area contributed by atoms with Crippen molar-refractivity contribution in [2.45, 2.75) is 72.1 Å². The van der Waals surface area contributed by atoms with Crippen molar-refractivity contribution in [2.75, 3.05) is 19.6 Å². The number of nitrogens with zero attached hydrogens (tertiary/aromatic N) is 1. The second-order valence-electron chi connectivity index (χ2n) is 7.86. The van der Waals surface area contributed by atoms with Crippen LogP contribution in [-0.2, 0) is 4.74 Å². The Morgan fingerprint density at radius 1 is 1.27 bits per heavy atom. The van der Waals surface area contributed by atoms with Crippen LogP contribution in [0.5, 0.6) is 0 Å². The van der Waals surface area contributed by atoms with Crippen LogP contribution in [0.4, 0.5) is 4.79 Å². The number of amides is 1. The second-order valence-corrected chi connectivity index (χ2v) is 7.86. The minimum Gasteiger partial charge on any atom is -0.444 e. The van der Waals surface area contributed by atoms with Gasteiger partial charge in [-0.3, -0.25) is 4.90 Å². The molecule has 0 bridgehead atoms. The van der Waals surface area contributed by atoms with Gasteiger partial charge < -0.3 is 15.8 Å². The Kier molecular flexibility index (Phi) is 7.13. The van der Waals surface area contributed by atoms with Crippen molar-refractivity contribution in [3.63, 3.8) is 0 Å². The van der Waals surface area contributed by atoms with E-state index in [4.69, 9.17) is 10.5 Å². The lowest BCUT2D eigenvalue weighted by molar-refractivity contribution is 0.0443. The largest absolute Gasteiger partial charge is 0.444 e. The van der Waals surface area contributed by atoms with Crippen molar-refractivity contribution in [1.82, 2.24) is 10.2 Å². The Labute approximate surface area is 135 Å². The molecule has 1 rings (SSSR count). The quantitative estimate of drug-likeness (QED) is 0.818. The van der Waals surface area contributed by atoms with E-state index in [1.54, 1.807) is 0 Å². The molecule has 5 heteroatoms. The summed E-state index contributed by atoms with van der Waals surface area (Å²) in [6, 6.07) is 0.149.